The van der Waals surface area contributed by atoms with Gasteiger partial charge in [-0.1, -0.05) is 13.8 Å². The van der Waals surface area contributed by atoms with Crippen LogP contribution in [0.15, 0.2) is 12.1 Å². The quantitative estimate of drug-likeness (QED) is 0.136. The predicted molar refractivity (Wildman–Crippen MR) is 186 cm³/mol. The van der Waals surface area contributed by atoms with Gasteiger partial charge >= 0.3 is 5.97 Å². The van der Waals surface area contributed by atoms with Crippen molar-refractivity contribution in [1.82, 2.24) is 4.90 Å². The molecule has 258 valence electrons. The molecule has 0 spiro atoms. The third kappa shape index (κ3) is 11.6. The van der Waals surface area contributed by atoms with E-state index in [1.807, 2.05) is 13.8 Å². The molecule has 1 N–H and O–H groups in total. The minimum Gasteiger partial charge on any atom is -0.466 e. The number of aryl methyl sites for hydroxylation is 1. The number of carbonyl (C=O) groups excluding carboxylic acids is 2. The third-order valence-corrected chi connectivity index (χ3v) is 9.20. The van der Waals surface area contributed by atoms with Gasteiger partial charge in [0.2, 0.25) is 0 Å². The number of benzene rings is 2. The van der Waals surface area contributed by atoms with Crippen LogP contribution in [0.1, 0.15) is 113 Å². The number of hydrogen-bond acceptors (Lipinski definition) is 6. The summed E-state index contributed by atoms with van der Waals surface area (Å²) in [4.78, 5) is 27.2. The zero-order chi connectivity index (χ0) is 34.8. The smallest absolute Gasteiger partial charge is 0.310 e. The van der Waals surface area contributed by atoms with Gasteiger partial charge in [0.1, 0.15) is 12.1 Å². The molecular weight excluding hydrogens is 581 g/mol. The van der Waals surface area contributed by atoms with Crippen LogP contribution in [0.3, 0.4) is 0 Å². The van der Waals surface area contributed by atoms with Crippen molar-refractivity contribution in [2.45, 2.75) is 132 Å². The second-order valence-corrected chi connectivity index (χ2v) is 14.7. The third-order valence-electron chi connectivity index (χ3n) is 9.20. The molecule has 6 nitrogen and oxygen atoms in total. The number of nitrogens with zero attached hydrogens (tertiary/aromatic N) is 1. The number of methoxy groups -OCH3 is 1. The minimum absolute atomic E-state index is 0.0739. The van der Waals surface area contributed by atoms with Gasteiger partial charge in [0.25, 0.3) is 0 Å². The maximum absolute atomic E-state index is 15.2. The van der Waals surface area contributed by atoms with Gasteiger partial charge in [-0.25, -0.2) is 4.39 Å². The molecule has 0 unspecified atom stereocenters. The molecule has 1 aliphatic carbocycles. The fraction of sp³-hybridized carbons (Fsp3) is 0.641. The lowest BCUT2D eigenvalue weighted by Crippen LogP contribution is -2.37. The maximum Gasteiger partial charge on any atom is 0.310 e. The van der Waals surface area contributed by atoms with Crippen LogP contribution in [0.4, 0.5) is 4.39 Å². The van der Waals surface area contributed by atoms with Crippen LogP contribution in [0.5, 0.6) is 0 Å². The molecule has 7 heteroatoms. The van der Waals surface area contributed by atoms with E-state index in [9.17, 15) is 9.59 Å². The molecule has 0 saturated heterocycles. The van der Waals surface area contributed by atoms with Crippen molar-refractivity contribution < 1.29 is 28.6 Å². The number of carbonyl (C=O) groups is 2. The Labute approximate surface area is 278 Å². The molecule has 0 bridgehead atoms. The second-order valence-electron chi connectivity index (χ2n) is 14.7. The van der Waals surface area contributed by atoms with Crippen LogP contribution in [-0.4, -0.2) is 61.3 Å². The average molecular weight is 642 g/mol. The van der Waals surface area contributed by atoms with Gasteiger partial charge in [-0.05, 0) is 162 Å². The number of aliphatic hydroxyl groups is 1. The highest BCUT2D eigenvalue weighted by Crippen LogP contribution is 2.41. The summed E-state index contributed by atoms with van der Waals surface area (Å²) in [6.45, 7) is 19.4. The largest absolute Gasteiger partial charge is 0.466 e. The van der Waals surface area contributed by atoms with Gasteiger partial charge in [0, 0.05) is 32.7 Å². The fourth-order valence-corrected chi connectivity index (χ4v) is 6.58. The highest BCUT2D eigenvalue weighted by molar-refractivity contribution is 5.84. The van der Waals surface area contributed by atoms with E-state index in [-0.39, 0.29) is 31.2 Å². The van der Waals surface area contributed by atoms with E-state index >= 15 is 4.39 Å². The summed E-state index contributed by atoms with van der Waals surface area (Å²) in [6, 6.07) is 3.68. The van der Waals surface area contributed by atoms with E-state index in [0.717, 1.165) is 75.6 Å². The SMILES string of the molecule is CC(C)(C)O.CCOC(=O)Cc1c(C)c(CC=O)c(CN(C)C2CCC(C)(C)CC2)c(C)c1-c1cc(F)cc(CCCOC)c1C. The Morgan fingerprint density at radius 1 is 1.07 bits per heavy atom. The van der Waals surface area contributed by atoms with Crippen LogP contribution >= 0.6 is 0 Å². The summed E-state index contributed by atoms with van der Waals surface area (Å²) in [7, 11) is 3.85. The topological polar surface area (TPSA) is 76.1 Å². The van der Waals surface area contributed by atoms with Crippen molar-refractivity contribution in [3.05, 3.63) is 56.9 Å². The number of aldehydes is 1. The Bertz CT molecular complexity index is 1310. The molecule has 0 radical (unpaired) electrons. The number of halogens is 1. The molecular formula is C39H60FNO5. The van der Waals surface area contributed by atoms with E-state index in [0.29, 0.717) is 31.0 Å². The molecule has 0 amide bonds. The van der Waals surface area contributed by atoms with Crippen molar-refractivity contribution in [2.75, 3.05) is 27.4 Å². The van der Waals surface area contributed by atoms with E-state index in [1.54, 1.807) is 46.9 Å². The summed E-state index contributed by atoms with van der Waals surface area (Å²) in [5, 5.41) is 8.52. The first kappa shape index (κ1) is 39.6. The van der Waals surface area contributed by atoms with Crippen LogP contribution in [0, 0.1) is 32.0 Å². The first-order chi connectivity index (χ1) is 21.4. The summed E-state index contributed by atoms with van der Waals surface area (Å²) in [6.07, 6.45) is 7.46. The van der Waals surface area contributed by atoms with E-state index in [4.69, 9.17) is 14.6 Å². The Morgan fingerprint density at radius 3 is 2.22 bits per heavy atom. The number of hydrogen-bond donors (Lipinski definition) is 1. The summed E-state index contributed by atoms with van der Waals surface area (Å²) >= 11 is 0. The Morgan fingerprint density at radius 2 is 1.67 bits per heavy atom. The molecule has 1 aliphatic rings. The van der Waals surface area contributed by atoms with Crippen LogP contribution in [0.2, 0.25) is 0 Å². The fourth-order valence-electron chi connectivity index (χ4n) is 6.58. The molecule has 1 fully saturated rings. The molecule has 0 aromatic heterocycles. The molecule has 1 saturated carbocycles. The summed E-state index contributed by atoms with van der Waals surface area (Å²) < 4.78 is 25.8. The van der Waals surface area contributed by atoms with Gasteiger partial charge in [0.15, 0.2) is 0 Å². The van der Waals surface area contributed by atoms with Crippen LogP contribution in [-0.2, 0) is 44.9 Å². The standard InChI is InChI=1S/C35H50FNO4.C4H10O/c1-9-41-33(39)21-31-24(3)29(14-17-38)32(22-37(7)28-12-15-35(5,6)16-13-28)25(4)34(31)30-20-27(36)19-26(23(30)2)11-10-18-40-8;1-4(2,3)5/h17,19-20,28H,9-16,18,21-22H2,1-8H3;5H,1-3H3. The molecule has 0 aliphatic heterocycles. The van der Waals surface area contributed by atoms with Gasteiger partial charge in [-0.15, -0.1) is 0 Å². The zero-order valence-electron chi connectivity index (χ0n) is 30.5. The van der Waals surface area contributed by atoms with Crippen LogP contribution < -0.4 is 0 Å². The summed E-state index contributed by atoms with van der Waals surface area (Å²) in [5.74, 6) is -0.616. The van der Waals surface area contributed by atoms with Crippen molar-refractivity contribution in [1.29, 1.82) is 0 Å². The predicted octanol–water partition coefficient (Wildman–Crippen LogP) is 8.02. The van der Waals surface area contributed by atoms with Crippen molar-refractivity contribution in [3.8, 4) is 11.1 Å². The Hall–Kier alpha value is -2.61. The average Bonchev–Trinajstić information content (AvgIpc) is 2.94. The van der Waals surface area contributed by atoms with E-state index in [2.05, 4.69) is 32.7 Å². The minimum atomic E-state index is -0.500. The lowest BCUT2D eigenvalue weighted by atomic mass is 9.75. The highest BCUT2D eigenvalue weighted by atomic mass is 19.1. The Kier molecular flexibility index (Phi) is 15.1. The number of esters is 1. The number of rotatable bonds is 13. The molecule has 0 heterocycles. The first-order valence-corrected chi connectivity index (χ1v) is 16.9. The zero-order valence-corrected chi connectivity index (χ0v) is 30.5. The van der Waals surface area contributed by atoms with Gasteiger partial charge in [-0.2, -0.15) is 0 Å². The van der Waals surface area contributed by atoms with Crippen molar-refractivity contribution in [2.24, 2.45) is 5.41 Å². The number of ether oxygens (including phenoxy) is 2. The molecule has 2 aromatic carbocycles. The molecule has 2 aromatic rings. The van der Waals surface area contributed by atoms with Gasteiger partial charge in [0.05, 0.1) is 18.6 Å². The molecule has 0 atom stereocenters. The lowest BCUT2D eigenvalue weighted by molar-refractivity contribution is -0.142. The first-order valence-electron chi connectivity index (χ1n) is 16.9. The highest BCUT2D eigenvalue weighted by Gasteiger charge is 2.30. The molecule has 46 heavy (non-hydrogen) atoms. The summed E-state index contributed by atoms with van der Waals surface area (Å²) in [5.41, 5.74) is 8.34. The van der Waals surface area contributed by atoms with Crippen molar-refractivity contribution >= 4 is 12.3 Å². The van der Waals surface area contributed by atoms with E-state index < -0.39 is 5.60 Å². The lowest BCUT2D eigenvalue weighted by Gasteiger charge is -2.39. The second kappa shape index (κ2) is 17.5. The Balaban J connectivity index is 0.00000136. The van der Waals surface area contributed by atoms with Crippen molar-refractivity contribution in [3.63, 3.8) is 0 Å². The molecule has 3 rings (SSSR count). The monoisotopic (exact) mass is 641 g/mol. The van der Waals surface area contributed by atoms with Gasteiger partial charge in [-0.3, -0.25) is 9.69 Å². The maximum atomic E-state index is 15.2. The van der Waals surface area contributed by atoms with E-state index in [1.165, 1.54) is 12.8 Å². The van der Waals surface area contributed by atoms with Crippen LogP contribution in [0.25, 0.3) is 11.1 Å². The normalized spacial score (nSPS) is 15.0. The van der Waals surface area contributed by atoms with Gasteiger partial charge < -0.3 is 19.4 Å².